The fraction of sp³-hybridized carbons (Fsp3) is 0.0667. The number of non-ortho nitro benzene ring substituents is 1. The molecule has 0 N–H and O–H groups in total. The number of ether oxygens (including phenoxy) is 1. The molecule has 1 aromatic rings. The molecule has 0 fully saturated rings. The first-order valence-electron chi connectivity index (χ1n) is 6.44. The second kappa shape index (κ2) is 5.28. The molecule has 1 aromatic carbocycles. The van der Waals surface area contributed by atoms with Gasteiger partial charge < -0.3 is 9.64 Å². The third-order valence-corrected chi connectivity index (χ3v) is 3.20. The molecule has 7 heteroatoms. The summed E-state index contributed by atoms with van der Waals surface area (Å²) in [5.74, 6) is -0.518. The number of rotatable bonds is 2. The van der Waals surface area contributed by atoms with Gasteiger partial charge in [0, 0.05) is 30.9 Å². The van der Waals surface area contributed by atoms with Gasteiger partial charge in [-0.2, -0.15) is 0 Å². The number of aliphatic imine (C=N–C) groups is 1. The van der Waals surface area contributed by atoms with Gasteiger partial charge in [0.2, 0.25) is 5.90 Å². The molecule has 0 spiro atoms. The molecule has 110 valence electrons. The predicted octanol–water partition coefficient (Wildman–Crippen LogP) is 2.13. The van der Waals surface area contributed by atoms with Crippen LogP contribution >= 0.6 is 0 Å². The summed E-state index contributed by atoms with van der Waals surface area (Å²) in [6.07, 6.45) is 7.15. The van der Waals surface area contributed by atoms with Crippen molar-refractivity contribution in [2.75, 3.05) is 7.05 Å². The Labute approximate surface area is 125 Å². The van der Waals surface area contributed by atoms with E-state index in [0.29, 0.717) is 11.3 Å². The van der Waals surface area contributed by atoms with Crippen LogP contribution in [0.3, 0.4) is 0 Å². The molecule has 0 saturated carbocycles. The highest BCUT2D eigenvalue weighted by Crippen LogP contribution is 2.24. The SMILES string of the molecule is CN1C=CC=C/C1=C1/N=C(c2cccc([N+](=O)[O-])c2)OC1=O. The van der Waals surface area contributed by atoms with Gasteiger partial charge in [-0.15, -0.1) is 0 Å². The number of esters is 1. The molecule has 2 heterocycles. The Morgan fingerprint density at radius 3 is 2.86 bits per heavy atom. The van der Waals surface area contributed by atoms with Crippen LogP contribution in [-0.2, 0) is 9.53 Å². The molecule has 0 aromatic heterocycles. The van der Waals surface area contributed by atoms with Crippen molar-refractivity contribution in [2.45, 2.75) is 0 Å². The Morgan fingerprint density at radius 2 is 2.14 bits per heavy atom. The van der Waals surface area contributed by atoms with Gasteiger partial charge in [0.15, 0.2) is 5.70 Å². The minimum Gasteiger partial charge on any atom is -0.402 e. The zero-order valence-corrected chi connectivity index (χ0v) is 11.6. The Kier molecular flexibility index (Phi) is 3.30. The zero-order valence-electron chi connectivity index (χ0n) is 11.6. The van der Waals surface area contributed by atoms with Gasteiger partial charge in [-0.05, 0) is 18.2 Å². The Balaban J connectivity index is 2.02. The first kappa shape index (κ1) is 13.7. The van der Waals surface area contributed by atoms with Crippen LogP contribution in [0.25, 0.3) is 0 Å². The van der Waals surface area contributed by atoms with E-state index in [1.165, 1.54) is 18.2 Å². The molecule has 2 aliphatic rings. The molecule has 0 atom stereocenters. The van der Waals surface area contributed by atoms with Gasteiger partial charge in [0.1, 0.15) is 0 Å². The fourth-order valence-corrected chi connectivity index (χ4v) is 2.11. The molecule has 7 nitrogen and oxygen atoms in total. The topological polar surface area (TPSA) is 85.0 Å². The number of allylic oxidation sites excluding steroid dienone is 3. The number of benzene rings is 1. The number of carbonyl (C=O) groups is 1. The molecule has 0 aliphatic carbocycles. The van der Waals surface area contributed by atoms with Gasteiger partial charge in [-0.25, -0.2) is 9.79 Å². The van der Waals surface area contributed by atoms with Crippen molar-refractivity contribution in [1.82, 2.24) is 4.90 Å². The molecule has 0 amide bonds. The number of nitro groups is 1. The van der Waals surface area contributed by atoms with E-state index in [4.69, 9.17) is 4.74 Å². The molecule has 2 aliphatic heterocycles. The Morgan fingerprint density at radius 1 is 1.32 bits per heavy atom. The smallest absolute Gasteiger partial charge is 0.366 e. The van der Waals surface area contributed by atoms with Crippen molar-refractivity contribution < 1.29 is 14.5 Å². The van der Waals surface area contributed by atoms with Gasteiger partial charge >= 0.3 is 5.97 Å². The van der Waals surface area contributed by atoms with Crippen LogP contribution in [0.5, 0.6) is 0 Å². The lowest BCUT2D eigenvalue weighted by molar-refractivity contribution is -0.384. The van der Waals surface area contributed by atoms with Crippen LogP contribution < -0.4 is 0 Å². The highest BCUT2D eigenvalue weighted by atomic mass is 16.6. The summed E-state index contributed by atoms with van der Waals surface area (Å²) in [4.78, 5) is 28.2. The van der Waals surface area contributed by atoms with E-state index in [1.54, 1.807) is 36.4 Å². The maximum Gasteiger partial charge on any atom is 0.366 e. The monoisotopic (exact) mass is 297 g/mol. The lowest BCUT2D eigenvalue weighted by Gasteiger charge is -2.17. The lowest BCUT2D eigenvalue weighted by Crippen LogP contribution is -2.15. The Bertz CT molecular complexity index is 790. The number of nitro benzene ring substituents is 1. The van der Waals surface area contributed by atoms with Crippen molar-refractivity contribution in [1.29, 1.82) is 0 Å². The largest absolute Gasteiger partial charge is 0.402 e. The van der Waals surface area contributed by atoms with Crippen LogP contribution in [0.4, 0.5) is 5.69 Å². The van der Waals surface area contributed by atoms with Gasteiger partial charge in [0.25, 0.3) is 5.69 Å². The average Bonchev–Trinajstić information content (AvgIpc) is 2.90. The molecular weight excluding hydrogens is 286 g/mol. The molecule has 0 radical (unpaired) electrons. The molecule has 0 bridgehead atoms. The number of cyclic esters (lactones) is 1. The number of nitrogens with zero attached hydrogens (tertiary/aromatic N) is 3. The van der Waals surface area contributed by atoms with Crippen LogP contribution in [-0.4, -0.2) is 28.7 Å². The van der Waals surface area contributed by atoms with Crippen molar-refractivity contribution in [3.63, 3.8) is 0 Å². The maximum atomic E-state index is 12.0. The maximum absolute atomic E-state index is 12.0. The normalized spacial score (nSPS) is 20.1. The van der Waals surface area contributed by atoms with E-state index in [2.05, 4.69) is 4.99 Å². The minimum atomic E-state index is -0.580. The van der Waals surface area contributed by atoms with Crippen LogP contribution in [0.2, 0.25) is 0 Å². The van der Waals surface area contributed by atoms with E-state index in [1.807, 2.05) is 6.08 Å². The number of carbonyl (C=O) groups excluding carboxylic acids is 1. The second-order valence-corrected chi connectivity index (χ2v) is 4.66. The van der Waals surface area contributed by atoms with Gasteiger partial charge in [-0.1, -0.05) is 12.1 Å². The lowest BCUT2D eigenvalue weighted by atomic mass is 10.2. The molecular formula is C15H11N3O4. The molecule has 3 rings (SSSR count). The van der Waals surface area contributed by atoms with E-state index in [-0.39, 0.29) is 17.3 Å². The average molecular weight is 297 g/mol. The second-order valence-electron chi connectivity index (χ2n) is 4.66. The summed E-state index contributed by atoms with van der Waals surface area (Å²) in [6, 6.07) is 5.81. The van der Waals surface area contributed by atoms with Gasteiger partial charge in [-0.3, -0.25) is 10.1 Å². The number of hydrogen-bond acceptors (Lipinski definition) is 6. The first-order chi connectivity index (χ1) is 10.6. The number of hydrogen-bond donors (Lipinski definition) is 0. The highest BCUT2D eigenvalue weighted by molar-refractivity contribution is 6.11. The van der Waals surface area contributed by atoms with Gasteiger partial charge in [0.05, 0.1) is 10.6 Å². The third kappa shape index (κ3) is 2.39. The number of likely N-dealkylation sites (N-methyl/N-ethyl adjacent to an activating group) is 1. The van der Waals surface area contributed by atoms with Crippen molar-refractivity contribution in [2.24, 2.45) is 4.99 Å². The highest BCUT2D eigenvalue weighted by Gasteiger charge is 2.28. The van der Waals surface area contributed by atoms with E-state index < -0.39 is 10.9 Å². The van der Waals surface area contributed by atoms with Crippen molar-refractivity contribution in [3.8, 4) is 0 Å². The summed E-state index contributed by atoms with van der Waals surface area (Å²) in [5, 5.41) is 10.8. The Hall–Kier alpha value is -3.22. The van der Waals surface area contributed by atoms with E-state index >= 15 is 0 Å². The zero-order chi connectivity index (χ0) is 15.7. The standard InChI is InChI=1S/C15H11N3O4/c1-17-8-3-2-7-12(17)13-15(19)22-14(16-13)10-5-4-6-11(9-10)18(20)21/h2-9H,1H3/b13-12-. The van der Waals surface area contributed by atoms with Crippen LogP contribution in [0.1, 0.15) is 5.56 Å². The summed E-state index contributed by atoms with van der Waals surface area (Å²) in [6.45, 7) is 0. The van der Waals surface area contributed by atoms with E-state index in [0.717, 1.165) is 0 Å². The van der Waals surface area contributed by atoms with Crippen LogP contribution in [0, 0.1) is 10.1 Å². The van der Waals surface area contributed by atoms with Crippen LogP contribution in [0.15, 0.2) is 65.1 Å². The van der Waals surface area contributed by atoms with E-state index in [9.17, 15) is 14.9 Å². The molecule has 0 saturated heterocycles. The quantitative estimate of drug-likeness (QED) is 0.361. The third-order valence-electron chi connectivity index (χ3n) is 3.20. The molecule has 22 heavy (non-hydrogen) atoms. The molecule has 0 unspecified atom stereocenters. The minimum absolute atomic E-state index is 0.0625. The van der Waals surface area contributed by atoms with Crippen molar-refractivity contribution >= 4 is 17.6 Å². The summed E-state index contributed by atoms with van der Waals surface area (Å²) in [5.41, 5.74) is 1.07. The first-order valence-corrected chi connectivity index (χ1v) is 6.44. The summed E-state index contributed by atoms with van der Waals surface area (Å²) < 4.78 is 5.14. The fourth-order valence-electron chi connectivity index (χ4n) is 2.11. The summed E-state index contributed by atoms with van der Waals surface area (Å²) in [7, 11) is 1.79. The summed E-state index contributed by atoms with van der Waals surface area (Å²) >= 11 is 0. The predicted molar refractivity (Wildman–Crippen MR) is 78.8 cm³/mol. The van der Waals surface area contributed by atoms with Crippen molar-refractivity contribution in [3.05, 3.63) is 75.8 Å².